The predicted octanol–water partition coefficient (Wildman–Crippen LogP) is 2.38. The average molecular weight is 286 g/mol. The van der Waals surface area contributed by atoms with Crippen molar-refractivity contribution in [2.75, 3.05) is 0 Å². The van der Waals surface area contributed by atoms with Crippen LogP contribution in [0.25, 0.3) is 10.9 Å². The minimum Gasteiger partial charge on any atom is -0.480 e. The summed E-state index contributed by atoms with van der Waals surface area (Å²) in [5.74, 6) is -1.65. The number of hydrogen-bond donors (Lipinski definition) is 2. The van der Waals surface area contributed by atoms with Crippen LogP contribution in [-0.4, -0.2) is 28.0 Å². The average Bonchev–Trinajstić information content (AvgIpc) is 2.43. The lowest BCUT2D eigenvalue weighted by Crippen LogP contribution is -2.44. The Morgan fingerprint density at radius 3 is 2.52 bits per heavy atom. The van der Waals surface area contributed by atoms with Gasteiger partial charge in [0.25, 0.3) is 5.91 Å². The molecule has 0 aliphatic heterocycles. The lowest BCUT2D eigenvalue weighted by molar-refractivity contribution is -0.140. The van der Waals surface area contributed by atoms with Crippen molar-refractivity contribution in [3.8, 4) is 0 Å². The number of benzene rings is 1. The first-order valence-electron chi connectivity index (χ1n) is 6.80. The largest absolute Gasteiger partial charge is 0.480 e. The van der Waals surface area contributed by atoms with Crippen LogP contribution in [0.4, 0.5) is 0 Å². The van der Waals surface area contributed by atoms with Crippen LogP contribution in [0.15, 0.2) is 30.3 Å². The minimum atomic E-state index is -1.04. The molecule has 2 N–H and O–H groups in total. The Bertz CT molecular complexity index is 695. The highest BCUT2D eigenvalue weighted by Crippen LogP contribution is 2.17. The van der Waals surface area contributed by atoms with Gasteiger partial charge in [0.2, 0.25) is 0 Å². The first kappa shape index (κ1) is 15.0. The van der Waals surface area contributed by atoms with Gasteiger partial charge in [0, 0.05) is 11.1 Å². The Kier molecular flexibility index (Phi) is 4.21. The Morgan fingerprint density at radius 1 is 1.19 bits per heavy atom. The molecular formula is C16H18N2O3. The van der Waals surface area contributed by atoms with E-state index in [0.29, 0.717) is 11.1 Å². The van der Waals surface area contributed by atoms with E-state index in [-0.39, 0.29) is 5.92 Å². The van der Waals surface area contributed by atoms with Gasteiger partial charge in [0.15, 0.2) is 0 Å². The van der Waals surface area contributed by atoms with E-state index >= 15 is 0 Å². The monoisotopic (exact) mass is 286 g/mol. The zero-order chi connectivity index (χ0) is 15.6. The molecule has 0 saturated carbocycles. The van der Waals surface area contributed by atoms with Crippen molar-refractivity contribution in [2.24, 2.45) is 5.92 Å². The third-order valence-electron chi connectivity index (χ3n) is 3.32. The number of amides is 1. The van der Waals surface area contributed by atoms with Crippen LogP contribution in [0, 0.1) is 12.8 Å². The second-order valence-electron chi connectivity index (χ2n) is 5.36. The molecule has 0 bridgehead atoms. The van der Waals surface area contributed by atoms with Crippen LogP contribution >= 0.6 is 0 Å². The number of para-hydroxylation sites is 1. The number of carboxylic acids is 1. The van der Waals surface area contributed by atoms with Crippen molar-refractivity contribution >= 4 is 22.8 Å². The number of carbonyl (C=O) groups is 2. The van der Waals surface area contributed by atoms with Gasteiger partial charge >= 0.3 is 5.97 Å². The molecule has 0 radical (unpaired) electrons. The summed E-state index contributed by atoms with van der Waals surface area (Å²) in [6.45, 7) is 5.36. The number of fused-ring (bicyclic) bond motifs is 1. The summed E-state index contributed by atoms with van der Waals surface area (Å²) < 4.78 is 0. The third-order valence-corrected chi connectivity index (χ3v) is 3.32. The summed E-state index contributed by atoms with van der Waals surface area (Å²) >= 11 is 0. The van der Waals surface area contributed by atoms with Gasteiger partial charge in [-0.2, -0.15) is 0 Å². The highest BCUT2D eigenvalue weighted by atomic mass is 16.4. The highest BCUT2D eigenvalue weighted by Gasteiger charge is 2.24. The fourth-order valence-corrected chi connectivity index (χ4v) is 2.16. The number of nitrogens with zero attached hydrogens (tertiary/aromatic N) is 1. The number of aryl methyl sites for hydroxylation is 1. The van der Waals surface area contributed by atoms with Gasteiger partial charge in [0.05, 0.1) is 11.1 Å². The van der Waals surface area contributed by atoms with Crippen molar-refractivity contribution in [3.05, 3.63) is 41.6 Å². The lowest BCUT2D eigenvalue weighted by Gasteiger charge is -2.18. The molecule has 1 aromatic heterocycles. The number of pyridine rings is 1. The quantitative estimate of drug-likeness (QED) is 0.904. The van der Waals surface area contributed by atoms with Gasteiger partial charge in [-0.15, -0.1) is 0 Å². The molecule has 0 fully saturated rings. The van der Waals surface area contributed by atoms with Gasteiger partial charge in [-0.3, -0.25) is 9.78 Å². The van der Waals surface area contributed by atoms with Gasteiger partial charge < -0.3 is 10.4 Å². The highest BCUT2D eigenvalue weighted by molar-refractivity contribution is 6.06. The van der Waals surface area contributed by atoms with Crippen molar-refractivity contribution in [1.29, 1.82) is 0 Å². The minimum absolute atomic E-state index is 0.198. The molecule has 1 heterocycles. The van der Waals surface area contributed by atoms with E-state index < -0.39 is 17.9 Å². The molecule has 1 amide bonds. The summed E-state index contributed by atoms with van der Waals surface area (Å²) in [5, 5.41) is 12.6. The van der Waals surface area contributed by atoms with Crippen molar-refractivity contribution in [1.82, 2.24) is 10.3 Å². The summed E-state index contributed by atoms with van der Waals surface area (Å²) in [4.78, 5) is 28.0. The van der Waals surface area contributed by atoms with Gasteiger partial charge in [-0.1, -0.05) is 32.0 Å². The molecule has 5 nitrogen and oxygen atoms in total. The summed E-state index contributed by atoms with van der Waals surface area (Å²) in [5.41, 5.74) is 1.78. The smallest absolute Gasteiger partial charge is 0.326 e. The number of hydrogen-bond acceptors (Lipinski definition) is 3. The molecule has 110 valence electrons. The second kappa shape index (κ2) is 5.91. The number of rotatable bonds is 4. The number of carbonyl (C=O) groups excluding carboxylic acids is 1. The maximum atomic E-state index is 12.4. The zero-order valence-electron chi connectivity index (χ0n) is 12.3. The number of nitrogens with one attached hydrogen (secondary N) is 1. The molecule has 0 aliphatic rings. The standard InChI is InChI=1S/C16H18N2O3/c1-9(2)13(16(20)21)18-15(19)12-6-4-5-11-8-7-10(3)17-14(11)12/h4-9,13H,1-3H3,(H,18,19)(H,20,21)/t13-/m1/s1. The van der Waals surface area contributed by atoms with Crippen LogP contribution in [0.3, 0.4) is 0 Å². The lowest BCUT2D eigenvalue weighted by atomic mass is 10.0. The fraction of sp³-hybridized carbons (Fsp3) is 0.312. The van der Waals surface area contributed by atoms with Crippen molar-refractivity contribution in [2.45, 2.75) is 26.8 Å². The maximum absolute atomic E-state index is 12.4. The molecule has 0 aliphatic carbocycles. The Morgan fingerprint density at radius 2 is 1.90 bits per heavy atom. The van der Waals surface area contributed by atoms with E-state index in [2.05, 4.69) is 10.3 Å². The Hall–Kier alpha value is -2.43. The fourth-order valence-electron chi connectivity index (χ4n) is 2.16. The van der Waals surface area contributed by atoms with Gasteiger partial charge in [-0.05, 0) is 25.0 Å². The number of aromatic nitrogens is 1. The van der Waals surface area contributed by atoms with Crippen LogP contribution < -0.4 is 5.32 Å². The first-order valence-corrected chi connectivity index (χ1v) is 6.80. The van der Waals surface area contributed by atoms with E-state index in [1.807, 2.05) is 25.1 Å². The molecule has 2 aromatic rings. The van der Waals surface area contributed by atoms with Gasteiger partial charge in [-0.25, -0.2) is 4.79 Å². The molecular weight excluding hydrogens is 268 g/mol. The molecule has 1 atom stereocenters. The number of carboxylic acid groups (broad SMARTS) is 1. The maximum Gasteiger partial charge on any atom is 0.326 e. The van der Waals surface area contributed by atoms with E-state index in [4.69, 9.17) is 5.11 Å². The van der Waals surface area contributed by atoms with Gasteiger partial charge in [0.1, 0.15) is 6.04 Å². The third kappa shape index (κ3) is 3.18. The Labute approximate surface area is 123 Å². The molecule has 2 rings (SSSR count). The van der Waals surface area contributed by atoms with E-state index in [0.717, 1.165) is 11.1 Å². The molecule has 1 aromatic carbocycles. The van der Waals surface area contributed by atoms with Crippen LogP contribution in [0.5, 0.6) is 0 Å². The van der Waals surface area contributed by atoms with E-state index in [1.165, 1.54) is 0 Å². The Balaban J connectivity index is 2.39. The summed E-state index contributed by atoms with van der Waals surface area (Å²) in [6, 6.07) is 8.14. The topological polar surface area (TPSA) is 79.3 Å². The van der Waals surface area contributed by atoms with E-state index in [1.54, 1.807) is 26.0 Å². The van der Waals surface area contributed by atoms with Crippen LogP contribution in [-0.2, 0) is 4.79 Å². The second-order valence-corrected chi connectivity index (χ2v) is 5.36. The first-order chi connectivity index (χ1) is 9.90. The molecule has 0 spiro atoms. The molecule has 5 heteroatoms. The van der Waals surface area contributed by atoms with Crippen molar-refractivity contribution in [3.63, 3.8) is 0 Å². The van der Waals surface area contributed by atoms with Crippen LogP contribution in [0.1, 0.15) is 29.9 Å². The molecule has 21 heavy (non-hydrogen) atoms. The normalized spacial score (nSPS) is 12.4. The zero-order valence-corrected chi connectivity index (χ0v) is 12.3. The molecule has 0 saturated heterocycles. The summed E-state index contributed by atoms with van der Waals surface area (Å²) in [6.07, 6.45) is 0. The molecule has 0 unspecified atom stereocenters. The summed E-state index contributed by atoms with van der Waals surface area (Å²) in [7, 11) is 0. The number of aliphatic carboxylic acids is 1. The predicted molar refractivity (Wildman–Crippen MR) is 80.2 cm³/mol. The van der Waals surface area contributed by atoms with Crippen LogP contribution in [0.2, 0.25) is 0 Å². The van der Waals surface area contributed by atoms with E-state index in [9.17, 15) is 9.59 Å². The SMILES string of the molecule is Cc1ccc2cccc(C(=O)N[C@@H](C(=O)O)C(C)C)c2n1. The van der Waals surface area contributed by atoms with Crippen molar-refractivity contribution < 1.29 is 14.7 Å².